The third-order valence-corrected chi connectivity index (χ3v) is 3.75. The second-order valence-corrected chi connectivity index (χ2v) is 5.31. The molecule has 0 aliphatic rings. The minimum absolute atomic E-state index is 0.975. The zero-order chi connectivity index (χ0) is 13.8. The van der Waals surface area contributed by atoms with Gasteiger partial charge in [0.1, 0.15) is 0 Å². The molecule has 0 radical (unpaired) electrons. The third kappa shape index (κ3) is 2.64. The fraction of sp³-hybridized carbons (Fsp3) is 0.333. The Balaban J connectivity index is 1.97. The number of rotatable bonds is 5. The van der Waals surface area contributed by atoms with Gasteiger partial charge in [-0.2, -0.15) is 0 Å². The van der Waals surface area contributed by atoms with Crippen LogP contribution in [0.15, 0.2) is 42.5 Å². The Bertz CT molecular complexity index is 719. The molecule has 0 aliphatic heterocycles. The first-order chi connectivity index (χ1) is 9.88. The molecule has 3 aromatic rings. The van der Waals surface area contributed by atoms with Gasteiger partial charge in [0.2, 0.25) is 0 Å². The lowest BCUT2D eigenvalue weighted by atomic mass is 10.0. The zero-order valence-corrected chi connectivity index (χ0v) is 12.0. The van der Waals surface area contributed by atoms with E-state index < -0.39 is 0 Å². The van der Waals surface area contributed by atoms with E-state index in [4.69, 9.17) is 9.97 Å². The first kappa shape index (κ1) is 13.0. The number of aryl methyl sites for hydroxylation is 1. The molecule has 0 unspecified atom stereocenters. The molecule has 2 nitrogen and oxygen atoms in total. The van der Waals surface area contributed by atoms with Crippen LogP contribution >= 0.6 is 0 Å². The topological polar surface area (TPSA) is 25.8 Å². The molecule has 102 valence electrons. The van der Waals surface area contributed by atoms with Gasteiger partial charge in [0.25, 0.3) is 0 Å². The number of fused-ring (bicyclic) bond motifs is 2. The van der Waals surface area contributed by atoms with E-state index in [2.05, 4.69) is 25.1 Å². The van der Waals surface area contributed by atoms with Crippen molar-refractivity contribution in [3.8, 4) is 0 Å². The highest BCUT2D eigenvalue weighted by molar-refractivity contribution is 5.87. The molecule has 0 amide bonds. The quantitative estimate of drug-likeness (QED) is 0.483. The summed E-state index contributed by atoms with van der Waals surface area (Å²) in [5.41, 5.74) is 5.38. The molecular weight excluding hydrogens is 244 g/mol. The van der Waals surface area contributed by atoms with Gasteiger partial charge in [0, 0.05) is 0 Å². The van der Waals surface area contributed by atoms with E-state index in [0.717, 1.165) is 28.5 Å². The Labute approximate surface area is 119 Å². The molecule has 2 heteroatoms. The standard InChI is InChI=1S/C18H20N2/c1-2-3-4-5-9-14-10-8-13-17-18(14)20-16-12-7-6-11-15(16)19-17/h6-8,10-13H,2-5,9H2,1H3. The molecular formula is C18H20N2. The molecule has 2 aromatic carbocycles. The van der Waals surface area contributed by atoms with E-state index in [-0.39, 0.29) is 0 Å². The minimum atomic E-state index is 0.975. The number of benzene rings is 2. The minimum Gasteiger partial charge on any atom is -0.244 e. The van der Waals surface area contributed by atoms with E-state index in [1.165, 1.54) is 31.2 Å². The molecule has 0 spiro atoms. The van der Waals surface area contributed by atoms with Crippen molar-refractivity contribution < 1.29 is 0 Å². The number of hydrogen-bond donors (Lipinski definition) is 0. The average molecular weight is 264 g/mol. The van der Waals surface area contributed by atoms with E-state index in [9.17, 15) is 0 Å². The second kappa shape index (κ2) is 6.00. The predicted octanol–water partition coefficient (Wildman–Crippen LogP) is 4.91. The van der Waals surface area contributed by atoms with E-state index in [1.807, 2.05) is 24.3 Å². The van der Waals surface area contributed by atoms with E-state index in [1.54, 1.807) is 0 Å². The van der Waals surface area contributed by atoms with Crippen LogP contribution in [0.5, 0.6) is 0 Å². The maximum Gasteiger partial charge on any atom is 0.0926 e. The lowest BCUT2D eigenvalue weighted by Crippen LogP contribution is -1.93. The summed E-state index contributed by atoms with van der Waals surface area (Å²) in [7, 11) is 0. The Morgan fingerprint density at radius 2 is 1.50 bits per heavy atom. The molecule has 0 fully saturated rings. The van der Waals surface area contributed by atoms with Gasteiger partial charge in [0.05, 0.1) is 22.1 Å². The summed E-state index contributed by atoms with van der Waals surface area (Å²) in [5, 5.41) is 0. The molecule has 1 heterocycles. The van der Waals surface area contributed by atoms with Crippen molar-refractivity contribution >= 4 is 22.1 Å². The highest BCUT2D eigenvalue weighted by Gasteiger charge is 2.05. The van der Waals surface area contributed by atoms with Gasteiger partial charge in [-0.05, 0) is 36.6 Å². The van der Waals surface area contributed by atoms with Gasteiger partial charge < -0.3 is 0 Å². The number of para-hydroxylation sites is 3. The van der Waals surface area contributed by atoms with Gasteiger partial charge in [-0.25, -0.2) is 9.97 Å². The normalized spacial score (nSPS) is 11.2. The molecule has 3 rings (SSSR count). The van der Waals surface area contributed by atoms with Crippen LogP contribution in [-0.4, -0.2) is 9.97 Å². The predicted molar refractivity (Wildman–Crippen MR) is 84.9 cm³/mol. The van der Waals surface area contributed by atoms with Crippen molar-refractivity contribution in [3.05, 3.63) is 48.0 Å². The summed E-state index contributed by atoms with van der Waals surface area (Å²) in [6.07, 6.45) is 6.24. The van der Waals surface area contributed by atoms with Crippen molar-refractivity contribution in [1.29, 1.82) is 0 Å². The first-order valence-corrected chi connectivity index (χ1v) is 7.53. The maximum absolute atomic E-state index is 4.81. The zero-order valence-electron chi connectivity index (χ0n) is 12.0. The van der Waals surface area contributed by atoms with Crippen LogP contribution in [0.2, 0.25) is 0 Å². The van der Waals surface area contributed by atoms with Crippen molar-refractivity contribution in [1.82, 2.24) is 9.97 Å². The van der Waals surface area contributed by atoms with Crippen molar-refractivity contribution in [2.45, 2.75) is 39.0 Å². The van der Waals surface area contributed by atoms with Gasteiger partial charge >= 0.3 is 0 Å². The fourth-order valence-corrected chi connectivity index (χ4v) is 2.64. The van der Waals surface area contributed by atoms with Crippen LogP contribution in [-0.2, 0) is 6.42 Å². The van der Waals surface area contributed by atoms with E-state index in [0.29, 0.717) is 0 Å². The molecule has 0 atom stereocenters. The summed E-state index contributed by atoms with van der Waals surface area (Å²) in [4.78, 5) is 9.53. The molecule has 0 saturated carbocycles. The third-order valence-electron chi connectivity index (χ3n) is 3.75. The molecule has 20 heavy (non-hydrogen) atoms. The number of hydrogen-bond acceptors (Lipinski definition) is 2. The summed E-state index contributed by atoms with van der Waals surface area (Å²) >= 11 is 0. The Kier molecular flexibility index (Phi) is 3.91. The lowest BCUT2D eigenvalue weighted by Gasteiger charge is -2.06. The first-order valence-electron chi connectivity index (χ1n) is 7.53. The molecule has 1 aromatic heterocycles. The monoisotopic (exact) mass is 264 g/mol. The Morgan fingerprint density at radius 3 is 2.30 bits per heavy atom. The van der Waals surface area contributed by atoms with Crippen molar-refractivity contribution in [2.24, 2.45) is 0 Å². The summed E-state index contributed by atoms with van der Waals surface area (Å²) in [6.45, 7) is 2.25. The molecule has 0 bridgehead atoms. The number of aromatic nitrogens is 2. The van der Waals surface area contributed by atoms with Gasteiger partial charge in [0.15, 0.2) is 0 Å². The van der Waals surface area contributed by atoms with Crippen LogP contribution in [0.1, 0.15) is 38.2 Å². The largest absolute Gasteiger partial charge is 0.244 e. The van der Waals surface area contributed by atoms with E-state index >= 15 is 0 Å². The summed E-state index contributed by atoms with van der Waals surface area (Å²) in [6, 6.07) is 14.4. The molecule has 0 N–H and O–H groups in total. The van der Waals surface area contributed by atoms with Crippen LogP contribution in [0, 0.1) is 0 Å². The van der Waals surface area contributed by atoms with Crippen LogP contribution in [0.25, 0.3) is 22.1 Å². The summed E-state index contributed by atoms with van der Waals surface area (Å²) < 4.78 is 0. The average Bonchev–Trinajstić information content (AvgIpc) is 2.50. The molecule has 0 saturated heterocycles. The smallest absolute Gasteiger partial charge is 0.0926 e. The number of unbranched alkanes of at least 4 members (excludes halogenated alkanes) is 3. The highest BCUT2D eigenvalue weighted by Crippen LogP contribution is 2.21. The lowest BCUT2D eigenvalue weighted by molar-refractivity contribution is 0.668. The van der Waals surface area contributed by atoms with Crippen LogP contribution in [0.3, 0.4) is 0 Å². The number of nitrogens with zero attached hydrogens (tertiary/aromatic N) is 2. The van der Waals surface area contributed by atoms with Crippen LogP contribution in [0.4, 0.5) is 0 Å². The summed E-state index contributed by atoms with van der Waals surface area (Å²) in [5.74, 6) is 0. The second-order valence-electron chi connectivity index (χ2n) is 5.31. The molecule has 0 aliphatic carbocycles. The van der Waals surface area contributed by atoms with Crippen LogP contribution < -0.4 is 0 Å². The van der Waals surface area contributed by atoms with Crippen molar-refractivity contribution in [3.63, 3.8) is 0 Å². The fourth-order valence-electron chi connectivity index (χ4n) is 2.64. The Hall–Kier alpha value is -1.96. The Morgan fingerprint density at radius 1 is 0.750 bits per heavy atom. The maximum atomic E-state index is 4.81. The van der Waals surface area contributed by atoms with Gasteiger partial charge in [-0.15, -0.1) is 0 Å². The van der Waals surface area contributed by atoms with Crippen molar-refractivity contribution in [2.75, 3.05) is 0 Å². The SMILES string of the molecule is CCCCCCc1cccc2nc3ccccc3nc12. The van der Waals surface area contributed by atoms with Gasteiger partial charge in [-0.1, -0.05) is 50.5 Å². The van der Waals surface area contributed by atoms with Gasteiger partial charge in [-0.3, -0.25) is 0 Å². The highest BCUT2D eigenvalue weighted by atomic mass is 14.8.